The number of benzene rings is 2. The molecule has 1 aromatic heterocycles. The fourth-order valence-electron chi connectivity index (χ4n) is 5.13. The molecule has 3 aromatic rings. The Labute approximate surface area is 235 Å². The number of ether oxygens (including phenoxy) is 1. The zero-order valence-electron chi connectivity index (χ0n) is 22.4. The fraction of sp³-hybridized carbons (Fsp3) is 0.387. The van der Waals surface area contributed by atoms with Crippen molar-refractivity contribution in [2.45, 2.75) is 38.8 Å². The van der Waals surface area contributed by atoms with Gasteiger partial charge in [-0.3, -0.25) is 14.5 Å². The van der Waals surface area contributed by atoms with Gasteiger partial charge >= 0.3 is 0 Å². The molecule has 0 atom stereocenters. The predicted octanol–water partition coefficient (Wildman–Crippen LogP) is 5.43. The van der Waals surface area contributed by atoms with E-state index in [1.54, 1.807) is 25.3 Å². The van der Waals surface area contributed by atoms with E-state index in [-0.39, 0.29) is 17.7 Å². The molecule has 2 aromatic carbocycles. The van der Waals surface area contributed by atoms with Gasteiger partial charge in [-0.05, 0) is 61.1 Å². The number of amides is 2. The standard InChI is InChI=1S/C31H35ClN4O3/c1-39-29-10-4-8-27(33-29)31(38)35-19-5-17-34(21-23-11-15-26(32)16-12-23)18-6-20-36(30(37)24-13-14-24)28-9-3-2-7-25(28)22-35/h2-4,7-12,15-16,24H,5-6,13-14,17-22H2,1H3. The monoisotopic (exact) mass is 546 g/mol. The molecule has 8 heteroatoms. The summed E-state index contributed by atoms with van der Waals surface area (Å²) in [7, 11) is 1.55. The Morgan fingerprint density at radius 2 is 1.67 bits per heavy atom. The highest BCUT2D eigenvalue weighted by atomic mass is 35.5. The number of anilines is 1. The molecule has 7 nitrogen and oxygen atoms in total. The second-order valence-electron chi connectivity index (χ2n) is 10.3. The number of hydrogen-bond acceptors (Lipinski definition) is 5. The molecule has 0 saturated heterocycles. The van der Waals surface area contributed by atoms with Gasteiger partial charge in [0.15, 0.2) is 0 Å². The minimum Gasteiger partial charge on any atom is -0.481 e. The first-order valence-electron chi connectivity index (χ1n) is 13.7. The van der Waals surface area contributed by atoms with Gasteiger partial charge in [-0.15, -0.1) is 0 Å². The van der Waals surface area contributed by atoms with Gasteiger partial charge in [0, 0.05) is 62.0 Å². The molecule has 1 saturated carbocycles. The van der Waals surface area contributed by atoms with Crippen molar-refractivity contribution in [2.24, 2.45) is 5.92 Å². The molecule has 2 heterocycles. The van der Waals surface area contributed by atoms with Crippen molar-refractivity contribution in [3.8, 4) is 5.88 Å². The van der Waals surface area contributed by atoms with Crippen LogP contribution in [0, 0.1) is 5.92 Å². The predicted molar refractivity (Wildman–Crippen MR) is 153 cm³/mol. The number of nitrogens with zero attached hydrogens (tertiary/aromatic N) is 4. The Morgan fingerprint density at radius 3 is 2.41 bits per heavy atom. The number of fused-ring (bicyclic) bond motifs is 1. The van der Waals surface area contributed by atoms with E-state index in [1.807, 2.05) is 46.2 Å². The minimum atomic E-state index is -0.148. The highest BCUT2D eigenvalue weighted by Gasteiger charge is 2.35. The van der Waals surface area contributed by atoms with Crippen LogP contribution >= 0.6 is 11.6 Å². The normalized spacial score (nSPS) is 17.1. The van der Waals surface area contributed by atoms with Crippen molar-refractivity contribution >= 4 is 29.1 Å². The van der Waals surface area contributed by atoms with Gasteiger partial charge in [0.25, 0.3) is 5.91 Å². The average Bonchev–Trinajstić information content (AvgIpc) is 3.81. The zero-order valence-corrected chi connectivity index (χ0v) is 23.1. The number of pyridine rings is 1. The van der Waals surface area contributed by atoms with E-state index in [0.29, 0.717) is 31.2 Å². The molecule has 0 spiro atoms. The quantitative estimate of drug-likeness (QED) is 0.427. The van der Waals surface area contributed by atoms with E-state index in [1.165, 1.54) is 5.56 Å². The summed E-state index contributed by atoms with van der Waals surface area (Å²) in [5, 5.41) is 0.723. The average molecular weight is 547 g/mol. The van der Waals surface area contributed by atoms with Crippen molar-refractivity contribution < 1.29 is 14.3 Å². The van der Waals surface area contributed by atoms with Gasteiger partial charge in [-0.1, -0.05) is 48.0 Å². The van der Waals surface area contributed by atoms with Crippen molar-refractivity contribution in [1.29, 1.82) is 0 Å². The molecule has 39 heavy (non-hydrogen) atoms. The minimum absolute atomic E-state index is 0.106. The first kappa shape index (κ1) is 27.2. The Hall–Kier alpha value is -3.42. The Balaban J connectivity index is 1.44. The third kappa shape index (κ3) is 6.97. The number of aromatic nitrogens is 1. The number of hydrogen-bond donors (Lipinski definition) is 0. The number of carbonyl (C=O) groups excluding carboxylic acids is 2. The highest BCUT2D eigenvalue weighted by Crippen LogP contribution is 2.34. The maximum Gasteiger partial charge on any atom is 0.272 e. The van der Waals surface area contributed by atoms with E-state index in [4.69, 9.17) is 16.3 Å². The van der Waals surface area contributed by atoms with Crippen molar-refractivity contribution in [3.05, 3.63) is 88.6 Å². The Kier molecular flexibility index (Phi) is 8.79. The molecule has 204 valence electrons. The molecule has 0 unspecified atom stereocenters. The van der Waals surface area contributed by atoms with Crippen LogP contribution in [0.5, 0.6) is 5.88 Å². The van der Waals surface area contributed by atoms with Crippen LogP contribution in [0.25, 0.3) is 0 Å². The van der Waals surface area contributed by atoms with Gasteiger partial charge in [0.1, 0.15) is 5.69 Å². The van der Waals surface area contributed by atoms with E-state index >= 15 is 0 Å². The van der Waals surface area contributed by atoms with Crippen LogP contribution in [0.1, 0.15) is 47.3 Å². The molecule has 1 aliphatic heterocycles. The van der Waals surface area contributed by atoms with Crippen molar-refractivity contribution in [1.82, 2.24) is 14.8 Å². The van der Waals surface area contributed by atoms with Gasteiger partial charge in [-0.2, -0.15) is 0 Å². The first-order valence-corrected chi connectivity index (χ1v) is 14.1. The number of methoxy groups -OCH3 is 1. The lowest BCUT2D eigenvalue weighted by Crippen LogP contribution is -2.39. The number of carbonyl (C=O) groups is 2. The third-order valence-corrected chi connectivity index (χ3v) is 7.61. The largest absolute Gasteiger partial charge is 0.481 e. The van der Waals surface area contributed by atoms with Gasteiger partial charge in [-0.25, -0.2) is 4.98 Å². The van der Waals surface area contributed by atoms with Crippen LogP contribution in [0.4, 0.5) is 5.69 Å². The van der Waals surface area contributed by atoms with Crippen LogP contribution in [0.3, 0.4) is 0 Å². The lowest BCUT2D eigenvalue weighted by atomic mass is 10.1. The molecule has 2 amide bonds. The van der Waals surface area contributed by atoms with Crippen molar-refractivity contribution in [3.63, 3.8) is 0 Å². The lowest BCUT2D eigenvalue weighted by molar-refractivity contribution is -0.119. The molecule has 0 bridgehead atoms. The summed E-state index contributed by atoms with van der Waals surface area (Å²) in [5.41, 5.74) is 3.41. The van der Waals surface area contributed by atoms with Crippen LogP contribution in [-0.2, 0) is 17.9 Å². The molecule has 1 fully saturated rings. The second kappa shape index (κ2) is 12.6. The topological polar surface area (TPSA) is 66.0 Å². The SMILES string of the molecule is COc1cccc(C(=O)N2CCCN(Cc3ccc(Cl)cc3)CCCN(C(=O)C3CC3)c3ccccc3C2)n1. The van der Waals surface area contributed by atoms with Crippen LogP contribution in [0.2, 0.25) is 5.02 Å². The maximum absolute atomic E-state index is 13.7. The van der Waals surface area contributed by atoms with Crippen LogP contribution < -0.4 is 9.64 Å². The van der Waals surface area contributed by atoms with Gasteiger partial charge in [0.05, 0.1) is 7.11 Å². The molecule has 5 rings (SSSR count). The zero-order chi connectivity index (χ0) is 27.2. The summed E-state index contributed by atoms with van der Waals surface area (Å²) >= 11 is 6.11. The van der Waals surface area contributed by atoms with E-state index in [9.17, 15) is 9.59 Å². The lowest BCUT2D eigenvalue weighted by Gasteiger charge is -2.31. The summed E-state index contributed by atoms with van der Waals surface area (Å²) < 4.78 is 5.27. The highest BCUT2D eigenvalue weighted by molar-refractivity contribution is 6.30. The number of halogens is 1. The molecular formula is C31H35ClN4O3. The molecule has 0 N–H and O–H groups in total. The Bertz CT molecular complexity index is 1300. The first-order chi connectivity index (χ1) is 19.0. The van der Waals surface area contributed by atoms with Crippen LogP contribution in [-0.4, -0.2) is 59.9 Å². The summed E-state index contributed by atoms with van der Waals surface area (Å²) in [6.45, 7) is 4.09. The molecule has 1 aliphatic carbocycles. The van der Waals surface area contributed by atoms with Gasteiger partial charge < -0.3 is 14.5 Å². The third-order valence-electron chi connectivity index (χ3n) is 7.35. The summed E-state index contributed by atoms with van der Waals surface area (Å²) in [4.78, 5) is 37.8. The van der Waals surface area contributed by atoms with E-state index < -0.39 is 0 Å². The summed E-state index contributed by atoms with van der Waals surface area (Å²) in [5.74, 6) is 0.557. The van der Waals surface area contributed by atoms with Crippen molar-refractivity contribution in [2.75, 3.05) is 38.2 Å². The van der Waals surface area contributed by atoms with E-state index in [0.717, 1.165) is 61.6 Å². The second-order valence-corrected chi connectivity index (χ2v) is 10.7. The number of para-hydroxylation sites is 1. The van der Waals surface area contributed by atoms with E-state index in [2.05, 4.69) is 22.0 Å². The van der Waals surface area contributed by atoms with Crippen LogP contribution in [0.15, 0.2) is 66.7 Å². The molecule has 2 aliphatic rings. The molecular weight excluding hydrogens is 512 g/mol. The summed E-state index contributed by atoms with van der Waals surface area (Å²) in [6.07, 6.45) is 3.59. The van der Waals surface area contributed by atoms with Gasteiger partial charge in [0.2, 0.25) is 11.8 Å². The Morgan fingerprint density at radius 1 is 0.923 bits per heavy atom. The fourth-order valence-corrected chi connectivity index (χ4v) is 5.26. The molecule has 0 radical (unpaired) electrons. The number of rotatable bonds is 5. The smallest absolute Gasteiger partial charge is 0.272 e. The summed E-state index contributed by atoms with van der Waals surface area (Å²) in [6, 6.07) is 21.2. The maximum atomic E-state index is 13.7.